The van der Waals surface area contributed by atoms with E-state index in [9.17, 15) is 4.79 Å². The van der Waals surface area contributed by atoms with Crippen LogP contribution in [0.25, 0.3) is 0 Å². The van der Waals surface area contributed by atoms with Gasteiger partial charge in [0, 0.05) is 36.3 Å². The van der Waals surface area contributed by atoms with Crippen molar-refractivity contribution in [2.75, 3.05) is 4.90 Å². The third-order valence-corrected chi connectivity index (χ3v) is 7.15. The molecule has 7 nitrogen and oxygen atoms in total. The lowest BCUT2D eigenvalue weighted by Crippen LogP contribution is -2.49. The van der Waals surface area contributed by atoms with Gasteiger partial charge in [-0.1, -0.05) is 42.5 Å². The molecular weight excluding hydrogens is 450 g/mol. The Balaban J connectivity index is 1.39. The minimum Gasteiger partial charge on any atom is -0.457 e. The maximum absolute atomic E-state index is 13.5. The number of nitrogens with zero attached hydrogens (tertiary/aromatic N) is 1. The molecule has 0 bridgehead atoms. The Kier molecular flexibility index (Phi) is 6.91. The molecule has 0 spiro atoms. The average Bonchev–Trinajstić information content (AvgIpc) is 3.24. The van der Waals surface area contributed by atoms with Gasteiger partial charge in [0.25, 0.3) is 0 Å². The fraction of sp³-hybridized carbons (Fsp3) is 0.310. The van der Waals surface area contributed by atoms with Gasteiger partial charge in [0.2, 0.25) is 5.91 Å². The summed E-state index contributed by atoms with van der Waals surface area (Å²) in [6.45, 7) is 0.536. The number of ether oxygens (including phenoxy) is 1. The van der Waals surface area contributed by atoms with E-state index in [2.05, 4.69) is 10.2 Å². The van der Waals surface area contributed by atoms with Crippen LogP contribution < -0.4 is 26.4 Å². The summed E-state index contributed by atoms with van der Waals surface area (Å²) in [5.74, 6) is 1.57. The van der Waals surface area contributed by atoms with Crippen molar-refractivity contribution < 1.29 is 9.53 Å². The van der Waals surface area contributed by atoms with E-state index >= 15 is 0 Å². The number of carbonyl (C=O) groups excluding carboxylic acids is 1. The first-order valence-corrected chi connectivity index (χ1v) is 12.6. The number of carbonyl (C=O) groups is 1. The molecule has 1 fully saturated rings. The molecule has 5 rings (SSSR count). The predicted octanol–water partition coefficient (Wildman–Crippen LogP) is 4.08. The van der Waals surface area contributed by atoms with E-state index in [4.69, 9.17) is 21.6 Å². The maximum atomic E-state index is 13.5. The van der Waals surface area contributed by atoms with Gasteiger partial charge in [-0.15, -0.1) is 0 Å². The van der Waals surface area contributed by atoms with Crippen molar-refractivity contribution >= 4 is 17.4 Å². The normalized spacial score (nSPS) is 21.0. The fourth-order valence-electron chi connectivity index (χ4n) is 5.18. The molecule has 186 valence electrons. The van der Waals surface area contributed by atoms with Gasteiger partial charge in [0.1, 0.15) is 23.4 Å². The Morgan fingerprint density at radius 2 is 1.72 bits per heavy atom. The van der Waals surface area contributed by atoms with Crippen molar-refractivity contribution in [2.24, 2.45) is 11.5 Å². The number of benzene rings is 3. The van der Waals surface area contributed by atoms with Crippen molar-refractivity contribution in [3.63, 3.8) is 0 Å². The number of nitrogens with two attached hydrogens (primary N) is 2. The lowest BCUT2D eigenvalue weighted by atomic mass is 9.91. The molecule has 0 aromatic heterocycles. The van der Waals surface area contributed by atoms with Gasteiger partial charge < -0.3 is 26.4 Å². The second kappa shape index (κ2) is 10.4. The lowest BCUT2D eigenvalue weighted by molar-refractivity contribution is -0.123. The Labute approximate surface area is 211 Å². The number of fused-ring (bicyclic) bond motifs is 1. The smallest absolute Gasteiger partial charge is 0.243 e. The molecule has 0 saturated heterocycles. The molecule has 1 atom stereocenters. The maximum Gasteiger partial charge on any atom is 0.243 e. The Hall–Kier alpha value is -3.84. The number of amidine groups is 1. The van der Waals surface area contributed by atoms with Gasteiger partial charge >= 0.3 is 0 Å². The quantitative estimate of drug-likeness (QED) is 0.298. The second-order valence-electron chi connectivity index (χ2n) is 9.79. The molecule has 36 heavy (non-hydrogen) atoms. The number of rotatable bonds is 7. The van der Waals surface area contributed by atoms with Crippen LogP contribution >= 0.6 is 0 Å². The molecule has 1 saturated carbocycles. The number of hydrogen-bond acceptors (Lipinski definition) is 5. The molecule has 1 aliphatic heterocycles. The Bertz CT molecular complexity index is 1240. The lowest BCUT2D eigenvalue weighted by Gasteiger charge is -2.31. The van der Waals surface area contributed by atoms with Gasteiger partial charge in [-0.05, 0) is 67.1 Å². The highest BCUT2D eigenvalue weighted by atomic mass is 16.5. The average molecular weight is 484 g/mol. The third-order valence-electron chi connectivity index (χ3n) is 7.15. The third kappa shape index (κ3) is 5.36. The number of nitrogen functional groups attached to an aromatic ring is 1. The summed E-state index contributed by atoms with van der Waals surface area (Å²) < 4.78 is 6.03. The summed E-state index contributed by atoms with van der Waals surface area (Å²) in [7, 11) is 0. The van der Waals surface area contributed by atoms with E-state index in [-0.39, 0.29) is 29.9 Å². The molecule has 1 unspecified atom stereocenters. The molecule has 3 aromatic carbocycles. The predicted molar refractivity (Wildman–Crippen MR) is 142 cm³/mol. The molecule has 1 heterocycles. The molecule has 1 amide bonds. The molecule has 6 N–H and O–H groups in total. The highest BCUT2D eigenvalue weighted by molar-refractivity contribution is 5.97. The molecule has 1 aliphatic carbocycles. The number of amides is 1. The Morgan fingerprint density at radius 3 is 2.47 bits per heavy atom. The SMILES string of the molecule is N=C(N)c1ccc2c(c1)N(Cc1cccc(Oc3ccccc3)c1)C(C(=O)NC1CCC(N)CC1)C2. The first-order valence-electron chi connectivity index (χ1n) is 12.6. The minimum absolute atomic E-state index is 0.0162. The van der Waals surface area contributed by atoms with E-state index in [1.54, 1.807) is 0 Å². The molecule has 3 aromatic rings. The molecule has 0 radical (unpaired) electrons. The highest BCUT2D eigenvalue weighted by Gasteiger charge is 2.36. The van der Waals surface area contributed by atoms with Crippen molar-refractivity contribution in [1.82, 2.24) is 5.32 Å². The van der Waals surface area contributed by atoms with E-state index in [1.165, 1.54) is 0 Å². The summed E-state index contributed by atoms with van der Waals surface area (Å²) in [6.07, 6.45) is 4.33. The van der Waals surface area contributed by atoms with E-state index in [0.717, 1.165) is 54.0 Å². The van der Waals surface area contributed by atoms with Crippen LogP contribution in [-0.2, 0) is 17.8 Å². The van der Waals surface area contributed by atoms with Crippen LogP contribution in [0.2, 0.25) is 0 Å². The number of hydrogen-bond donors (Lipinski definition) is 4. The van der Waals surface area contributed by atoms with Crippen LogP contribution in [0.5, 0.6) is 11.5 Å². The van der Waals surface area contributed by atoms with E-state index in [1.807, 2.05) is 72.8 Å². The largest absolute Gasteiger partial charge is 0.457 e. The van der Waals surface area contributed by atoms with Crippen LogP contribution in [0.15, 0.2) is 72.8 Å². The summed E-state index contributed by atoms with van der Waals surface area (Å²) in [6, 6.07) is 23.5. The summed E-state index contributed by atoms with van der Waals surface area (Å²) in [5, 5.41) is 11.2. The van der Waals surface area contributed by atoms with Crippen molar-refractivity contribution in [3.05, 3.63) is 89.5 Å². The van der Waals surface area contributed by atoms with Crippen molar-refractivity contribution in [1.29, 1.82) is 5.41 Å². The zero-order chi connectivity index (χ0) is 25.1. The van der Waals surface area contributed by atoms with Gasteiger partial charge in [-0.2, -0.15) is 0 Å². The Morgan fingerprint density at radius 1 is 0.972 bits per heavy atom. The van der Waals surface area contributed by atoms with Crippen molar-refractivity contribution in [2.45, 2.75) is 56.8 Å². The van der Waals surface area contributed by atoms with E-state index in [0.29, 0.717) is 18.5 Å². The molecule has 7 heteroatoms. The minimum atomic E-state index is -0.337. The molecule has 2 aliphatic rings. The van der Waals surface area contributed by atoms with Crippen LogP contribution in [0, 0.1) is 5.41 Å². The van der Waals surface area contributed by atoms with Crippen molar-refractivity contribution in [3.8, 4) is 11.5 Å². The summed E-state index contributed by atoms with van der Waals surface area (Å²) in [5.41, 5.74) is 15.6. The summed E-state index contributed by atoms with van der Waals surface area (Å²) >= 11 is 0. The monoisotopic (exact) mass is 483 g/mol. The number of nitrogens with one attached hydrogen (secondary N) is 2. The van der Waals surface area contributed by atoms with Gasteiger partial charge in [0.15, 0.2) is 0 Å². The van der Waals surface area contributed by atoms with Crippen LogP contribution in [0.1, 0.15) is 42.4 Å². The molecular formula is C29H33N5O2. The fourth-order valence-corrected chi connectivity index (χ4v) is 5.18. The standard InChI is InChI=1S/C29H33N5O2/c30-22-11-13-23(14-12-22)33-29(35)27-16-20-9-10-21(28(31)32)17-26(20)34(27)18-19-5-4-8-25(15-19)36-24-6-2-1-3-7-24/h1-10,15,17,22-23,27H,11-14,16,18,30H2,(H3,31,32)(H,33,35). The summed E-state index contributed by atoms with van der Waals surface area (Å²) in [4.78, 5) is 15.6. The van der Waals surface area contributed by atoms with Gasteiger partial charge in [-0.25, -0.2) is 0 Å². The number of anilines is 1. The van der Waals surface area contributed by atoms with Crippen LogP contribution in [-0.4, -0.2) is 29.9 Å². The highest BCUT2D eigenvalue weighted by Crippen LogP contribution is 2.35. The van der Waals surface area contributed by atoms with Gasteiger partial charge in [-0.3, -0.25) is 10.2 Å². The van der Waals surface area contributed by atoms with Crippen LogP contribution in [0.4, 0.5) is 5.69 Å². The first kappa shape index (κ1) is 23.9. The zero-order valence-corrected chi connectivity index (χ0v) is 20.3. The second-order valence-corrected chi connectivity index (χ2v) is 9.79. The first-order chi connectivity index (χ1) is 17.5. The van der Waals surface area contributed by atoms with E-state index < -0.39 is 0 Å². The van der Waals surface area contributed by atoms with Crippen LogP contribution in [0.3, 0.4) is 0 Å². The number of para-hydroxylation sites is 1. The van der Waals surface area contributed by atoms with Gasteiger partial charge in [0.05, 0.1) is 0 Å². The zero-order valence-electron chi connectivity index (χ0n) is 20.3. The topological polar surface area (TPSA) is 117 Å².